The van der Waals surface area contributed by atoms with Crippen LogP contribution in [-0.2, 0) is 13.6 Å². The summed E-state index contributed by atoms with van der Waals surface area (Å²) in [5, 5.41) is 28.7. The first-order valence-corrected chi connectivity index (χ1v) is 10.3. The van der Waals surface area contributed by atoms with E-state index in [9.17, 15) is 15.2 Å². The van der Waals surface area contributed by atoms with Crippen molar-refractivity contribution in [2.45, 2.75) is 39.3 Å². The lowest BCUT2D eigenvalue weighted by molar-refractivity contribution is -0.384. The molecule has 31 heavy (non-hydrogen) atoms. The van der Waals surface area contributed by atoms with Crippen molar-refractivity contribution in [3.63, 3.8) is 0 Å². The van der Waals surface area contributed by atoms with Gasteiger partial charge in [-0.2, -0.15) is 5.10 Å². The van der Waals surface area contributed by atoms with E-state index in [1.165, 1.54) is 24.3 Å². The van der Waals surface area contributed by atoms with Crippen molar-refractivity contribution < 1.29 is 14.8 Å². The van der Waals surface area contributed by atoms with E-state index >= 15 is 0 Å². The zero-order chi connectivity index (χ0) is 23.0. The van der Waals surface area contributed by atoms with Gasteiger partial charge in [-0.05, 0) is 25.0 Å². The molecule has 1 aromatic heterocycles. The number of ether oxygens (including phenoxy) is 1. The van der Waals surface area contributed by atoms with Crippen molar-refractivity contribution in [2.75, 3.05) is 26.7 Å². The number of hydrogen-bond acceptors (Lipinski definition) is 6. The standard InChI is InChI=1S/C21H32N6O4/c1-6-22-21(25(4)12-16-13-26(5)24-20(16)15(2)3)23-11-18(28)14-31-19-9-7-17(8-10-19)27(29)30/h7-10,13,15,18,28H,6,11-12,14H2,1-5H3,(H,22,23). The van der Waals surface area contributed by atoms with Gasteiger partial charge < -0.3 is 20.1 Å². The summed E-state index contributed by atoms with van der Waals surface area (Å²) >= 11 is 0. The molecule has 0 radical (unpaired) electrons. The van der Waals surface area contributed by atoms with Crippen LogP contribution in [-0.4, -0.2) is 63.5 Å². The van der Waals surface area contributed by atoms with Gasteiger partial charge in [-0.1, -0.05) is 13.8 Å². The second kappa shape index (κ2) is 11.3. The van der Waals surface area contributed by atoms with E-state index in [1.807, 2.05) is 36.8 Å². The van der Waals surface area contributed by atoms with Crippen LogP contribution in [0.1, 0.15) is 37.9 Å². The topological polar surface area (TPSA) is 118 Å². The van der Waals surface area contributed by atoms with Crippen LogP contribution in [0.3, 0.4) is 0 Å². The molecule has 0 spiro atoms. The van der Waals surface area contributed by atoms with Crippen LogP contribution in [0, 0.1) is 10.1 Å². The van der Waals surface area contributed by atoms with Crippen LogP contribution in [0.4, 0.5) is 5.69 Å². The Morgan fingerprint density at radius 1 is 1.39 bits per heavy atom. The number of nitro groups is 1. The van der Waals surface area contributed by atoms with Gasteiger partial charge in [0.1, 0.15) is 18.5 Å². The number of nitrogens with zero attached hydrogens (tertiary/aromatic N) is 5. The number of aliphatic imine (C=N–C) groups is 1. The van der Waals surface area contributed by atoms with Crippen LogP contribution in [0.15, 0.2) is 35.5 Å². The largest absolute Gasteiger partial charge is 0.491 e. The van der Waals surface area contributed by atoms with Crippen LogP contribution in [0.5, 0.6) is 5.75 Å². The summed E-state index contributed by atoms with van der Waals surface area (Å²) in [6, 6.07) is 5.74. The molecule has 2 aromatic rings. The Morgan fingerprint density at radius 3 is 2.65 bits per heavy atom. The number of hydrogen-bond donors (Lipinski definition) is 2. The average Bonchev–Trinajstić information content (AvgIpc) is 3.10. The summed E-state index contributed by atoms with van der Waals surface area (Å²) in [7, 11) is 3.86. The first kappa shape index (κ1) is 24.1. The van der Waals surface area contributed by atoms with E-state index in [4.69, 9.17) is 4.74 Å². The lowest BCUT2D eigenvalue weighted by Crippen LogP contribution is -2.39. The number of non-ortho nitro benzene ring substituents is 1. The number of rotatable bonds is 10. The van der Waals surface area contributed by atoms with E-state index in [0.29, 0.717) is 30.7 Å². The Labute approximate surface area is 182 Å². The molecular weight excluding hydrogens is 400 g/mol. The number of aromatic nitrogens is 2. The maximum atomic E-state index is 10.7. The van der Waals surface area contributed by atoms with Crippen molar-refractivity contribution in [1.82, 2.24) is 20.0 Å². The highest BCUT2D eigenvalue weighted by Crippen LogP contribution is 2.19. The number of nitrogens with one attached hydrogen (secondary N) is 1. The fraction of sp³-hybridized carbons (Fsp3) is 0.524. The van der Waals surface area contributed by atoms with Gasteiger partial charge in [-0.15, -0.1) is 0 Å². The van der Waals surface area contributed by atoms with Crippen LogP contribution < -0.4 is 10.1 Å². The number of aliphatic hydroxyl groups excluding tert-OH is 1. The molecule has 0 aliphatic carbocycles. The van der Waals surface area contributed by atoms with Gasteiger partial charge in [0, 0.05) is 51.1 Å². The minimum Gasteiger partial charge on any atom is -0.491 e. The highest BCUT2D eigenvalue weighted by Gasteiger charge is 2.16. The molecule has 1 heterocycles. The molecule has 0 aliphatic heterocycles. The Morgan fingerprint density at radius 2 is 2.06 bits per heavy atom. The molecule has 2 rings (SSSR count). The molecule has 0 aliphatic rings. The zero-order valence-electron chi connectivity index (χ0n) is 18.8. The van der Waals surface area contributed by atoms with Crippen molar-refractivity contribution in [2.24, 2.45) is 12.0 Å². The predicted octanol–water partition coefficient (Wildman–Crippen LogP) is 2.29. The Hall–Kier alpha value is -3.14. The Kier molecular flexibility index (Phi) is 8.80. The third-order valence-electron chi connectivity index (χ3n) is 4.53. The summed E-state index contributed by atoms with van der Waals surface area (Å²) in [4.78, 5) is 16.8. The lowest BCUT2D eigenvalue weighted by Gasteiger charge is -2.23. The van der Waals surface area contributed by atoms with Gasteiger partial charge in [0.05, 0.1) is 17.2 Å². The molecule has 0 bridgehead atoms. The van der Waals surface area contributed by atoms with Crippen LogP contribution >= 0.6 is 0 Å². The number of aliphatic hydroxyl groups is 1. The van der Waals surface area contributed by atoms with Crippen LogP contribution in [0.25, 0.3) is 0 Å². The highest BCUT2D eigenvalue weighted by molar-refractivity contribution is 5.79. The zero-order valence-corrected chi connectivity index (χ0v) is 18.8. The molecule has 2 N–H and O–H groups in total. The monoisotopic (exact) mass is 432 g/mol. The minimum absolute atomic E-state index is 0.00921. The van der Waals surface area contributed by atoms with Crippen molar-refractivity contribution in [3.05, 3.63) is 51.8 Å². The van der Waals surface area contributed by atoms with E-state index in [-0.39, 0.29) is 18.8 Å². The molecule has 10 heteroatoms. The normalized spacial score (nSPS) is 12.7. The molecule has 0 amide bonds. The summed E-state index contributed by atoms with van der Waals surface area (Å²) < 4.78 is 7.33. The second-order valence-corrected chi connectivity index (χ2v) is 7.63. The Bertz CT molecular complexity index is 878. The molecule has 1 aromatic carbocycles. The van der Waals surface area contributed by atoms with Crippen LogP contribution in [0.2, 0.25) is 0 Å². The third-order valence-corrected chi connectivity index (χ3v) is 4.53. The molecule has 1 unspecified atom stereocenters. The molecular formula is C21H32N6O4. The lowest BCUT2D eigenvalue weighted by atomic mass is 10.1. The quantitative estimate of drug-likeness (QED) is 0.256. The highest BCUT2D eigenvalue weighted by atomic mass is 16.6. The second-order valence-electron chi connectivity index (χ2n) is 7.63. The van der Waals surface area contributed by atoms with Crippen molar-refractivity contribution in [3.8, 4) is 5.75 Å². The maximum absolute atomic E-state index is 10.7. The van der Waals surface area contributed by atoms with E-state index in [0.717, 1.165) is 11.3 Å². The number of guanidine groups is 1. The first-order valence-electron chi connectivity index (χ1n) is 10.3. The molecule has 1 atom stereocenters. The van der Waals surface area contributed by atoms with Gasteiger partial charge >= 0.3 is 0 Å². The van der Waals surface area contributed by atoms with Gasteiger partial charge in [-0.3, -0.25) is 19.8 Å². The smallest absolute Gasteiger partial charge is 0.269 e. The van der Waals surface area contributed by atoms with Gasteiger partial charge in [0.25, 0.3) is 5.69 Å². The third kappa shape index (κ3) is 7.25. The minimum atomic E-state index is -0.818. The van der Waals surface area contributed by atoms with E-state index in [1.54, 1.807) is 0 Å². The number of benzene rings is 1. The molecule has 0 fully saturated rings. The molecule has 0 saturated carbocycles. The summed E-state index contributed by atoms with van der Waals surface area (Å²) in [5.74, 6) is 1.45. The SMILES string of the molecule is CCNC(=NCC(O)COc1ccc([N+](=O)[O-])cc1)N(C)Cc1cn(C)nc1C(C)C. The summed E-state index contributed by atoms with van der Waals surface area (Å²) in [5.41, 5.74) is 2.18. The van der Waals surface area contributed by atoms with Gasteiger partial charge in [0.15, 0.2) is 5.96 Å². The fourth-order valence-electron chi connectivity index (χ4n) is 3.06. The average molecular weight is 433 g/mol. The van der Waals surface area contributed by atoms with E-state index < -0.39 is 11.0 Å². The number of aryl methyl sites for hydroxylation is 1. The summed E-state index contributed by atoms with van der Waals surface area (Å²) in [6.07, 6.45) is 1.20. The Balaban J connectivity index is 1.95. The van der Waals surface area contributed by atoms with E-state index in [2.05, 4.69) is 29.3 Å². The molecule has 0 saturated heterocycles. The molecule has 170 valence electrons. The fourth-order valence-corrected chi connectivity index (χ4v) is 3.06. The predicted molar refractivity (Wildman–Crippen MR) is 119 cm³/mol. The van der Waals surface area contributed by atoms with Gasteiger partial charge in [0.2, 0.25) is 0 Å². The van der Waals surface area contributed by atoms with Crippen molar-refractivity contribution >= 4 is 11.6 Å². The summed E-state index contributed by atoms with van der Waals surface area (Å²) in [6.45, 7) is 7.75. The van der Waals surface area contributed by atoms with Crippen molar-refractivity contribution in [1.29, 1.82) is 0 Å². The maximum Gasteiger partial charge on any atom is 0.269 e. The first-order chi connectivity index (χ1) is 14.7. The molecule has 10 nitrogen and oxygen atoms in total. The van der Waals surface area contributed by atoms with Gasteiger partial charge in [-0.25, -0.2) is 0 Å². The number of nitro benzene ring substituents is 1.